The van der Waals surface area contributed by atoms with E-state index in [9.17, 15) is 9.59 Å². The van der Waals surface area contributed by atoms with E-state index in [1.165, 1.54) is 4.90 Å². The first kappa shape index (κ1) is 15.0. The number of hydrogen-bond acceptors (Lipinski definition) is 4. The van der Waals surface area contributed by atoms with Gasteiger partial charge >= 0.3 is 6.09 Å². The zero-order chi connectivity index (χ0) is 14.3. The highest BCUT2D eigenvalue weighted by atomic mass is 127. The molecule has 2 rings (SSSR count). The lowest BCUT2D eigenvalue weighted by Crippen LogP contribution is -2.48. The first-order valence-corrected chi connectivity index (χ1v) is 7.88. The van der Waals surface area contributed by atoms with Gasteiger partial charge in [-0.15, -0.1) is 0 Å². The van der Waals surface area contributed by atoms with Crippen LogP contribution in [0.15, 0.2) is 0 Å². The third-order valence-corrected chi connectivity index (χ3v) is 5.71. The van der Waals surface area contributed by atoms with Crippen molar-refractivity contribution in [3.8, 4) is 0 Å². The topological polar surface area (TPSA) is 55.8 Å². The summed E-state index contributed by atoms with van der Waals surface area (Å²) in [5.41, 5.74) is 0. The number of nitrogens with zero attached hydrogens (tertiary/aromatic N) is 1. The van der Waals surface area contributed by atoms with Crippen molar-refractivity contribution in [2.75, 3.05) is 6.61 Å². The summed E-state index contributed by atoms with van der Waals surface area (Å²) in [4.78, 5) is 25.8. The van der Waals surface area contributed by atoms with Crippen molar-refractivity contribution in [3.05, 3.63) is 0 Å². The van der Waals surface area contributed by atoms with Gasteiger partial charge in [-0.05, 0) is 19.8 Å². The summed E-state index contributed by atoms with van der Waals surface area (Å²) in [6.07, 6.45) is -0.648. The number of rotatable bonds is 2. The molecule has 0 aromatic rings. The molecule has 0 aromatic heterocycles. The number of cyclic esters (lactones) is 1. The first-order chi connectivity index (χ1) is 8.84. The molecule has 0 bridgehead atoms. The molecular weight excluding hydrogens is 361 g/mol. The van der Waals surface area contributed by atoms with E-state index >= 15 is 0 Å². The van der Waals surface area contributed by atoms with Crippen molar-refractivity contribution in [3.63, 3.8) is 0 Å². The van der Waals surface area contributed by atoms with Crippen LogP contribution in [-0.2, 0) is 14.3 Å². The van der Waals surface area contributed by atoms with Gasteiger partial charge in [0.1, 0.15) is 6.61 Å². The van der Waals surface area contributed by atoms with Crippen LogP contribution >= 0.6 is 22.6 Å². The average Bonchev–Trinajstić information content (AvgIpc) is 2.81. The molecule has 2 amide bonds. The molecule has 0 spiro atoms. The highest BCUT2D eigenvalue weighted by Crippen LogP contribution is 2.35. The molecule has 0 aromatic carbocycles. The quantitative estimate of drug-likeness (QED) is 0.544. The summed E-state index contributed by atoms with van der Waals surface area (Å²) in [5, 5.41) is 0. The van der Waals surface area contributed by atoms with E-state index in [-0.39, 0.29) is 39.9 Å². The fraction of sp³-hybridized carbons (Fsp3) is 0.846. The normalized spacial score (nSPS) is 38.9. The van der Waals surface area contributed by atoms with Crippen molar-refractivity contribution in [1.29, 1.82) is 0 Å². The van der Waals surface area contributed by atoms with Gasteiger partial charge in [0.2, 0.25) is 5.91 Å². The highest BCUT2D eigenvalue weighted by Gasteiger charge is 2.49. The Morgan fingerprint density at radius 1 is 1.37 bits per heavy atom. The minimum atomic E-state index is -0.515. The maximum Gasteiger partial charge on any atom is 0.416 e. The largest absolute Gasteiger partial charge is 0.447 e. The summed E-state index contributed by atoms with van der Waals surface area (Å²) >= 11 is 2.24. The number of hydrogen-bond donors (Lipinski definition) is 0. The van der Waals surface area contributed by atoms with Gasteiger partial charge in [-0.2, -0.15) is 0 Å². The van der Waals surface area contributed by atoms with Gasteiger partial charge in [0.25, 0.3) is 0 Å². The van der Waals surface area contributed by atoms with E-state index in [1.807, 2.05) is 27.7 Å². The maximum atomic E-state index is 12.7. The lowest BCUT2D eigenvalue weighted by Gasteiger charge is -2.27. The molecule has 2 aliphatic rings. The Bertz CT molecular complexity index is 387. The van der Waals surface area contributed by atoms with Crippen LogP contribution < -0.4 is 0 Å². The number of ether oxygens (including phenoxy) is 2. The molecule has 2 aliphatic heterocycles. The number of amides is 2. The Balaban J connectivity index is 2.20. The molecule has 0 unspecified atom stereocenters. The molecule has 19 heavy (non-hydrogen) atoms. The number of carbonyl (C=O) groups is 2. The van der Waals surface area contributed by atoms with Crippen LogP contribution in [0.2, 0.25) is 0 Å². The third-order valence-electron chi connectivity index (χ3n) is 3.92. The van der Waals surface area contributed by atoms with E-state index in [1.54, 1.807) is 0 Å². The molecule has 5 atom stereocenters. The summed E-state index contributed by atoms with van der Waals surface area (Å²) in [5.74, 6) is -0.238. The second-order valence-electron chi connectivity index (χ2n) is 5.61. The Labute approximate surface area is 127 Å². The van der Waals surface area contributed by atoms with E-state index in [2.05, 4.69) is 22.6 Å². The van der Waals surface area contributed by atoms with Gasteiger partial charge in [-0.3, -0.25) is 4.79 Å². The van der Waals surface area contributed by atoms with Crippen molar-refractivity contribution in [2.45, 2.75) is 49.9 Å². The van der Waals surface area contributed by atoms with Crippen LogP contribution in [0.1, 0.15) is 27.7 Å². The van der Waals surface area contributed by atoms with Crippen LogP contribution in [0, 0.1) is 11.8 Å². The van der Waals surface area contributed by atoms with E-state index < -0.39 is 6.09 Å². The summed E-state index contributed by atoms with van der Waals surface area (Å²) in [7, 11) is 0. The monoisotopic (exact) mass is 381 g/mol. The fourth-order valence-corrected chi connectivity index (χ4v) is 3.79. The first-order valence-electron chi connectivity index (χ1n) is 6.64. The average molecular weight is 381 g/mol. The van der Waals surface area contributed by atoms with Crippen LogP contribution in [0.4, 0.5) is 4.79 Å². The van der Waals surface area contributed by atoms with Crippen LogP contribution in [0.25, 0.3) is 0 Å². The smallest absolute Gasteiger partial charge is 0.416 e. The van der Waals surface area contributed by atoms with Gasteiger partial charge in [-0.25, -0.2) is 9.69 Å². The van der Waals surface area contributed by atoms with Crippen molar-refractivity contribution >= 4 is 34.6 Å². The molecule has 0 radical (unpaired) electrons. The second-order valence-corrected chi connectivity index (χ2v) is 7.05. The predicted molar refractivity (Wildman–Crippen MR) is 78.1 cm³/mol. The minimum Gasteiger partial charge on any atom is -0.447 e. The molecule has 5 nitrogen and oxygen atoms in total. The molecule has 6 heteroatoms. The number of alkyl halides is 1. The lowest BCUT2D eigenvalue weighted by molar-refractivity contribution is -0.135. The molecule has 2 heterocycles. The molecule has 2 saturated heterocycles. The minimum absolute atomic E-state index is 0.0284. The molecule has 2 fully saturated rings. The van der Waals surface area contributed by atoms with Crippen LogP contribution in [0.5, 0.6) is 0 Å². The summed E-state index contributed by atoms with van der Waals surface area (Å²) < 4.78 is 10.8. The van der Waals surface area contributed by atoms with Crippen LogP contribution in [-0.4, -0.2) is 45.7 Å². The second kappa shape index (κ2) is 5.55. The molecule has 0 N–H and O–H groups in total. The molecule has 108 valence electrons. The number of halogens is 1. The number of carbonyl (C=O) groups excluding carboxylic acids is 2. The van der Waals surface area contributed by atoms with Crippen molar-refractivity contribution < 1.29 is 19.1 Å². The Morgan fingerprint density at radius 3 is 2.47 bits per heavy atom. The van der Waals surface area contributed by atoms with Gasteiger partial charge in [-0.1, -0.05) is 36.4 Å². The van der Waals surface area contributed by atoms with Gasteiger partial charge in [0.05, 0.1) is 28.1 Å². The SMILES string of the molecule is CC(C)[C@H]1COC(=O)N1C(=O)[C@H]1[C@H](I)[C@@H](C)O[C@@H]1C. The predicted octanol–water partition coefficient (Wildman–Crippen LogP) is 2.22. The standard InChI is InChI=1S/C13H20INO4/c1-6(2)9-5-18-13(17)15(9)12(16)10-7(3)19-8(4)11(10)14/h6-11H,5H2,1-4H3/t7-,8-,9-,10-,11-/m1/s1. The summed E-state index contributed by atoms with van der Waals surface area (Å²) in [6, 6.07) is -0.160. The van der Waals surface area contributed by atoms with Gasteiger partial charge in [0, 0.05) is 0 Å². The maximum absolute atomic E-state index is 12.7. The van der Waals surface area contributed by atoms with E-state index in [4.69, 9.17) is 9.47 Å². The Hall–Kier alpha value is -0.370. The molecule has 0 saturated carbocycles. The molecular formula is C13H20INO4. The zero-order valence-electron chi connectivity index (χ0n) is 11.6. The van der Waals surface area contributed by atoms with Crippen LogP contribution in [0.3, 0.4) is 0 Å². The van der Waals surface area contributed by atoms with E-state index in [0.29, 0.717) is 6.61 Å². The van der Waals surface area contributed by atoms with Gasteiger partial charge < -0.3 is 9.47 Å². The van der Waals surface area contributed by atoms with Crippen molar-refractivity contribution in [1.82, 2.24) is 4.90 Å². The number of imide groups is 1. The fourth-order valence-electron chi connectivity index (χ4n) is 2.73. The summed E-state index contributed by atoms with van der Waals surface area (Å²) in [6.45, 7) is 8.13. The van der Waals surface area contributed by atoms with E-state index in [0.717, 1.165) is 0 Å². The zero-order valence-corrected chi connectivity index (χ0v) is 13.8. The third kappa shape index (κ3) is 2.61. The van der Waals surface area contributed by atoms with Crippen molar-refractivity contribution in [2.24, 2.45) is 11.8 Å². The lowest BCUT2D eigenvalue weighted by atomic mass is 9.96. The van der Waals surface area contributed by atoms with Gasteiger partial charge in [0.15, 0.2) is 0 Å². The Morgan fingerprint density at radius 2 is 2.00 bits per heavy atom. The molecule has 0 aliphatic carbocycles. The Kier molecular flexibility index (Phi) is 4.39. The highest BCUT2D eigenvalue weighted by molar-refractivity contribution is 14.1.